The summed E-state index contributed by atoms with van der Waals surface area (Å²) < 4.78 is 36.2. The average molecular weight is 339 g/mol. The summed E-state index contributed by atoms with van der Waals surface area (Å²) in [6.45, 7) is 0.309. The molecule has 0 aromatic heterocycles. The second-order valence-electron chi connectivity index (χ2n) is 4.79. The smallest absolute Gasteiger partial charge is 0.270 e. The molecule has 7 nitrogen and oxygen atoms in total. The van der Waals surface area contributed by atoms with E-state index in [4.69, 9.17) is 5.14 Å². The lowest BCUT2D eigenvalue weighted by Crippen LogP contribution is -2.16. The van der Waals surface area contributed by atoms with Gasteiger partial charge in [-0.25, -0.2) is 17.9 Å². The first-order valence-corrected chi connectivity index (χ1v) is 8.11. The number of sulfonamides is 1. The zero-order chi connectivity index (χ0) is 17.0. The molecule has 0 bridgehead atoms. The van der Waals surface area contributed by atoms with Gasteiger partial charge >= 0.3 is 0 Å². The largest absolute Gasteiger partial charge is 0.384 e. The standard InChI is InChI=1S/C14H14FN3O4S/c15-11-3-1-2-10(8-11)6-7-17-13-5-4-12(18(19)20)9-14(13)23(16,21)22/h1-5,8-9,17H,6-7H2,(H2,16,21,22). The maximum atomic E-state index is 13.1. The lowest BCUT2D eigenvalue weighted by molar-refractivity contribution is -0.385. The number of hydrogen-bond donors (Lipinski definition) is 2. The Morgan fingerprint density at radius 2 is 1.96 bits per heavy atom. The summed E-state index contributed by atoms with van der Waals surface area (Å²) in [5.41, 5.74) is 0.524. The van der Waals surface area contributed by atoms with Gasteiger partial charge in [0.05, 0.1) is 10.6 Å². The summed E-state index contributed by atoms with van der Waals surface area (Å²) in [5, 5.41) is 18.7. The maximum absolute atomic E-state index is 13.1. The number of anilines is 1. The molecule has 0 spiro atoms. The number of halogens is 1. The molecule has 0 amide bonds. The zero-order valence-electron chi connectivity index (χ0n) is 11.9. The first kappa shape index (κ1) is 16.8. The highest BCUT2D eigenvalue weighted by Crippen LogP contribution is 2.25. The third kappa shape index (κ3) is 4.47. The third-order valence-corrected chi connectivity index (χ3v) is 4.05. The number of benzene rings is 2. The van der Waals surface area contributed by atoms with E-state index in [0.717, 1.165) is 11.6 Å². The van der Waals surface area contributed by atoms with Crippen molar-refractivity contribution < 1.29 is 17.7 Å². The number of non-ortho nitro benzene ring substituents is 1. The van der Waals surface area contributed by atoms with E-state index < -0.39 is 14.9 Å². The summed E-state index contributed by atoms with van der Waals surface area (Å²) >= 11 is 0. The molecule has 0 radical (unpaired) electrons. The molecule has 0 aliphatic carbocycles. The van der Waals surface area contributed by atoms with Crippen LogP contribution in [0.3, 0.4) is 0 Å². The van der Waals surface area contributed by atoms with Crippen molar-refractivity contribution in [3.05, 3.63) is 64.0 Å². The minimum atomic E-state index is -4.12. The van der Waals surface area contributed by atoms with Crippen LogP contribution >= 0.6 is 0 Å². The molecule has 2 aromatic carbocycles. The Balaban J connectivity index is 2.17. The van der Waals surface area contributed by atoms with Crippen LogP contribution in [0.1, 0.15) is 5.56 Å². The van der Waals surface area contributed by atoms with Crippen LogP contribution in [-0.4, -0.2) is 19.9 Å². The van der Waals surface area contributed by atoms with Gasteiger partial charge in [0.2, 0.25) is 10.0 Å². The summed E-state index contributed by atoms with van der Waals surface area (Å²) in [5.74, 6) is -0.358. The molecule has 0 aliphatic rings. The number of nitrogens with zero attached hydrogens (tertiary/aromatic N) is 1. The fraction of sp³-hybridized carbons (Fsp3) is 0.143. The van der Waals surface area contributed by atoms with Crippen molar-refractivity contribution in [1.82, 2.24) is 0 Å². The molecule has 0 unspecified atom stereocenters. The Kier molecular flexibility index (Phi) is 4.92. The number of nitrogens with two attached hydrogens (primary N) is 1. The molecule has 23 heavy (non-hydrogen) atoms. The van der Waals surface area contributed by atoms with Gasteiger partial charge in [-0.15, -0.1) is 0 Å². The van der Waals surface area contributed by atoms with Gasteiger partial charge in [-0.2, -0.15) is 0 Å². The number of nitrogens with one attached hydrogen (secondary N) is 1. The molecular weight excluding hydrogens is 325 g/mol. The second kappa shape index (κ2) is 6.71. The van der Waals surface area contributed by atoms with Gasteiger partial charge in [-0.3, -0.25) is 10.1 Å². The van der Waals surface area contributed by atoms with Gasteiger partial charge in [-0.1, -0.05) is 12.1 Å². The summed E-state index contributed by atoms with van der Waals surface area (Å²) in [6, 6.07) is 9.38. The van der Waals surface area contributed by atoms with Crippen molar-refractivity contribution in [3.8, 4) is 0 Å². The highest BCUT2D eigenvalue weighted by atomic mass is 32.2. The Labute approximate surface area is 132 Å². The number of nitro groups is 1. The number of hydrogen-bond acceptors (Lipinski definition) is 5. The van der Waals surface area contributed by atoms with Crippen molar-refractivity contribution in [2.24, 2.45) is 5.14 Å². The Morgan fingerprint density at radius 1 is 1.22 bits per heavy atom. The van der Waals surface area contributed by atoms with Crippen molar-refractivity contribution >= 4 is 21.4 Å². The van der Waals surface area contributed by atoms with Crippen LogP contribution in [0.2, 0.25) is 0 Å². The van der Waals surface area contributed by atoms with Gasteiger partial charge in [0.1, 0.15) is 10.7 Å². The van der Waals surface area contributed by atoms with Crippen LogP contribution < -0.4 is 10.5 Å². The van der Waals surface area contributed by atoms with Crippen molar-refractivity contribution in [3.63, 3.8) is 0 Å². The molecule has 0 heterocycles. The van der Waals surface area contributed by atoms with E-state index in [9.17, 15) is 22.9 Å². The van der Waals surface area contributed by atoms with E-state index in [-0.39, 0.29) is 22.1 Å². The van der Waals surface area contributed by atoms with Crippen molar-refractivity contribution in [2.45, 2.75) is 11.3 Å². The molecule has 2 aromatic rings. The van der Waals surface area contributed by atoms with E-state index in [0.29, 0.717) is 13.0 Å². The highest BCUT2D eigenvalue weighted by molar-refractivity contribution is 7.89. The van der Waals surface area contributed by atoms with Gasteiger partial charge < -0.3 is 5.32 Å². The summed E-state index contributed by atoms with van der Waals surface area (Å²) in [4.78, 5) is 9.68. The van der Waals surface area contributed by atoms with Crippen LogP contribution in [-0.2, 0) is 16.4 Å². The predicted molar refractivity (Wildman–Crippen MR) is 83.1 cm³/mol. The van der Waals surface area contributed by atoms with Crippen molar-refractivity contribution in [1.29, 1.82) is 0 Å². The molecule has 3 N–H and O–H groups in total. The van der Waals surface area contributed by atoms with Crippen molar-refractivity contribution in [2.75, 3.05) is 11.9 Å². The van der Waals surface area contributed by atoms with Gasteiger partial charge in [0.15, 0.2) is 0 Å². The second-order valence-corrected chi connectivity index (χ2v) is 6.32. The molecule has 0 saturated carbocycles. The zero-order valence-corrected chi connectivity index (χ0v) is 12.7. The minimum absolute atomic E-state index is 0.162. The molecular formula is C14H14FN3O4S. The first-order chi connectivity index (χ1) is 10.8. The van der Waals surface area contributed by atoms with E-state index in [1.54, 1.807) is 12.1 Å². The molecule has 0 saturated heterocycles. The van der Waals surface area contributed by atoms with Crippen LogP contribution in [0.25, 0.3) is 0 Å². The lowest BCUT2D eigenvalue weighted by Gasteiger charge is -2.10. The van der Waals surface area contributed by atoms with Gasteiger partial charge in [-0.05, 0) is 30.2 Å². The minimum Gasteiger partial charge on any atom is -0.384 e. The van der Waals surface area contributed by atoms with Gasteiger partial charge in [0.25, 0.3) is 5.69 Å². The third-order valence-electron chi connectivity index (χ3n) is 3.10. The Hall–Kier alpha value is -2.52. The fourth-order valence-electron chi connectivity index (χ4n) is 2.04. The van der Waals surface area contributed by atoms with Crippen LogP contribution in [0.4, 0.5) is 15.8 Å². The molecule has 0 aliphatic heterocycles. The van der Waals surface area contributed by atoms with Crippen LogP contribution in [0, 0.1) is 15.9 Å². The maximum Gasteiger partial charge on any atom is 0.270 e. The van der Waals surface area contributed by atoms with E-state index >= 15 is 0 Å². The Morgan fingerprint density at radius 3 is 2.57 bits per heavy atom. The first-order valence-electron chi connectivity index (χ1n) is 6.57. The monoisotopic (exact) mass is 339 g/mol. The number of rotatable bonds is 6. The van der Waals surface area contributed by atoms with Crippen LogP contribution in [0.15, 0.2) is 47.4 Å². The normalized spacial score (nSPS) is 11.2. The van der Waals surface area contributed by atoms with E-state index in [2.05, 4.69) is 5.32 Å². The number of primary sulfonamides is 1. The van der Waals surface area contributed by atoms with Gasteiger partial charge in [0, 0.05) is 18.7 Å². The lowest BCUT2D eigenvalue weighted by atomic mass is 10.1. The predicted octanol–water partition coefficient (Wildman–Crippen LogP) is 2.04. The van der Waals surface area contributed by atoms with E-state index in [1.807, 2.05) is 0 Å². The number of nitro benzene ring substituents is 1. The topological polar surface area (TPSA) is 115 Å². The van der Waals surface area contributed by atoms with E-state index in [1.165, 1.54) is 24.3 Å². The Bertz CT molecular complexity index is 840. The average Bonchev–Trinajstić information content (AvgIpc) is 2.46. The van der Waals surface area contributed by atoms with Crippen LogP contribution in [0.5, 0.6) is 0 Å². The summed E-state index contributed by atoms with van der Waals surface area (Å²) in [7, 11) is -4.12. The fourth-order valence-corrected chi connectivity index (χ4v) is 2.77. The highest BCUT2D eigenvalue weighted by Gasteiger charge is 2.18. The molecule has 122 valence electrons. The molecule has 2 rings (SSSR count). The molecule has 0 atom stereocenters. The SMILES string of the molecule is NS(=O)(=O)c1cc([N+](=O)[O-])ccc1NCCc1cccc(F)c1. The molecule has 0 fully saturated rings. The quantitative estimate of drug-likeness (QED) is 0.617. The summed E-state index contributed by atoms with van der Waals surface area (Å²) in [6.07, 6.45) is 0.443. The molecule has 9 heteroatoms.